The molecule has 0 aromatic heterocycles. The van der Waals surface area contributed by atoms with Gasteiger partial charge in [-0.15, -0.1) is 0 Å². The molecule has 1 N–H and O–H groups in total. The molecule has 4 rings (SSSR count). The van der Waals surface area contributed by atoms with Crippen molar-refractivity contribution in [3.63, 3.8) is 0 Å². The molecule has 0 radical (unpaired) electrons. The summed E-state index contributed by atoms with van der Waals surface area (Å²) in [7, 11) is 0. The number of ketones is 1. The molecule has 31 heavy (non-hydrogen) atoms. The highest BCUT2D eigenvalue weighted by Gasteiger charge is 2.59. The van der Waals surface area contributed by atoms with Crippen molar-refractivity contribution < 1.29 is 9.90 Å². The number of rotatable bonds is 6. The zero-order chi connectivity index (χ0) is 22.6. The minimum Gasteiger partial charge on any atom is -0.390 e. The summed E-state index contributed by atoms with van der Waals surface area (Å²) in [6.07, 6.45) is 14.9. The first-order valence-corrected chi connectivity index (χ1v) is 13.5. The highest BCUT2D eigenvalue weighted by molar-refractivity contribution is 5.91. The SMILES string of the molecule is CCC(O)(CCC(C)C1CCC2C3CCC4=CC(=O)CCC4(C)C3CCC12C)C(C)C. The minimum absolute atomic E-state index is 0.288. The number of aliphatic hydroxyl groups is 1. The van der Waals surface area contributed by atoms with E-state index in [2.05, 4.69) is 41.5 Å². The van der Waals surface area contributed by atoms with Crippen LogP contribution in [-0.2, 0) is 4.79 Å². The van der Waals surface area contributed by atoms with Crippen molar-refractivity contribution in [1.82, 2.24) is 0 Å². The van der Waals surface area contributed by atoms with E-state index in [4.69, 9.17) is 0 Å². The van der Waals surface area contributed by atoms with E-state index < -0.39 is 5.60 Å². The van der Waals surface area contributed by atoms with E-state index in [-0.39, 0.29) is 5.41 Å². The van der Waals surface area contributed by atoms with Crippen molar-refractivity contribution in [3.05, 3.63) is 11.6 Å². The Morgan fingerprint density at radius 1 is 1.06 bits per heavy atom. The van der Waals surface area contributed by atoms with E-state index in [1.165, 1.54) is 37.7 Å². The van der Waals surface area contributed by atoms with E-state index >= 15 is 0 Å². The van der Waals surface area contributed by atoms with Crippen LogP contribution in [0.15, 0.2) is 11.6 Å². The molecule has 0 spiro atoms. The molecule has 8 unspecified atom stereocenters. The molecule has 3 fully saturated rings. The summed E-state index contributed by atoms with van der Waals surface area (Å²) in [4.78, 5) is 12.1. The van der Waals surface area contributed by atoms with Gasteiger partial charge in [0.15, 0.2) is 5.78 Å². The predicted molar refractivity (Wildman–Crippen MR) is 129 cm³/mol. The van der Waals surface area contributed by atoms with Crippen LogP contribution in [0.25, 0.3) is 0 Å². The topological polar surface area (TPSA) is 37.3 Å². The van der Waals surface area contributed by atoms with Gasteiger partial charge >= 0.3 is 0 Å². The maximum atomic E-state index is 12.1. The van der Waals surface area contributed by atoms with Crippen LogP contribution >= 0.6 is 0 Å². The molecule has 176 valence electrons. The van der Waals surface area contributed by atoms with Gasteiger partial charge in [0.2, 0.25) is 0 Å². The normalized spacial score (nSPS) is 43.0. The molecule has 0 bridgehead atoms. The number of carbonyl (C=O) groups excluding carboxylic acids is 1. The van der Waals surface area contributed by atoms with Crippen molar-refractivity contribution in [1.29, 1.82) is 0 Å². The summed E-state index contributed by atoms with van der Waals surface area (Å²) in [5, 5.41) is 11.1. The van der Waals surface area contributed by atoms with Crippen molar-refractivity contribution in [2.45, 2.75) is 118 Å². The quantitative estimate of drug-likeness (QED) is 0.480. The van der Waals surface area contributed by atoms with Crippen molar-refractivity contribution in [2.75, 3.05) is 0 Å². The number of hydrogen-bond acceptors (Lipinski definition) is 2. The van der Waals surface area contributed by atoms with Crippen LogP contribution in [0.2, 0.25) is 0 Å². The predicted octanol–water partition coefficient (Wildman–Crippen LogP) is 7.35. The largest absolute Gasteiger partial charge is 0.390 e. The summed E-state index contributed by atoms with van der Waals surface area (Å²) < 4.78 is 0. The third-order valence-corrected chi connectivity index (χ3v) is 11.4. The lowest BCUT2D eigenvalue weighted by Crippen LogP contribution is -2.51. The second kappa shape index (κ2) is 8.30. The van der Waals surface area contributed by atoms with Gasteiger partial charge in [-0.2, -0.15) is 0 Å². The number of hydrogen-bond donors (Lipinski definition) is 1. The number of allylic oxidation sites excluding steroid dienone is 1. The van der Waals surface area contributed by atoms with Gasteiger partial charge in [0, 0.05) is 6.42 Å². The van der Waals surface area contributed by atoms with Crippen molar-refractivity contribution >= 4 is 5.78 Å². The lowest BCUT2D eigenvalue weighted by Gasteiger charge is -2.58. The molecule has 0 heterocycles. The Balaban J connectivity index is 1.48. The summed E-state index contributed by atoms with van der Waals surface area (Å²) in [5.74, 6) is 4.72. The molecule has 0 saturated heterocycles. The van der Waals surface area contributed by atoms with Crippen LogP contribution in [0.3, 0.4) is 0 Å². The van der Waals surface area contributed by atoms with Gasteiger partial charge in [0.05, 0.1) is 5.60 Å². The first kappa shape index (κ1) is 23.5. The van der Waals surface area contributed by atoms with Crippen LogP contribution in [0, 0.1) is 46.3 Å². The second-order valence-electron chi connectivity index (χ2n) is 12.8. The molecule has 2 heteroatoms. The molecular weight excluding hydrogens is 380 g/mol. The Morgan fingerprint density at radius 2 is 1.81 bits per heavy atom. The molecule has 0 aromatic rings. The Labute approximate surface area is 191 Å². The van der Waals surface area contributed by atoms with Crippen LogP contribution in [-0.4, -0.2) is 16.5 Å². The molecule has 0 amide bonds. The molecule has 4 aliphatic carbocycles. The molecule has 0 aliphatic heterocycles. The Bertz CT molecular complexity index is 722. The summed E-state index contributed by atoms with van der Waals surface area (Å²) in [6.45, 7) is 14.1. The molecule has 8 atom stereocenters. The smallest absolute Gasteiger partial charge is 0.155 e. The number of fused-ring (bicyclic) bond motifs is 5. The third kappa shape index (κ3) is 3.77. The first-order valence-electron chi connectivity index (χ1n) is 13.5. The maximum Gasteiger partial charge on any atom is 0.155 e. The van der Waals surface area contributed by atoms with Crippen LogP contribution in [0.4, 0.5) is 0 Å². The highest BCUT2D eigenvalue weighted by Crippen LogP contribution is 2.67. The molecule has 2 nitrogen and oxygen atoms in total. The molecule has 3 saturated carbocycles. The lowest BCUT2D eigenvalue weighted by molar-refractivity contribution is -0.117. The van der Waals surface area contributed by atoms with E-state index in [9.17, 15) is 9.90 Å². The summed E-state index contributed by atoms with van der Waals surface area (Å²) in [6, 6.07) is 0. The van der Waals surface area contributed by atoms with Gasteiger partial charge in [0.1, 0.15) is 0 Å². The Hall–Kier alpha value is -0.630. The zero-order valence-electron chi connectivity index (χ0n) is 21.2. The van der Waals surface area contributed by atoms with Crippen LogP contribution in [0.5, 0.6) is 0 Å². The van der Waals surface area contributed by atoms with Gasteiger partial charge in [0.25, 0.3) is 0 Å². The fraction of sp³-hybridized carbons (Fsp3) is 0.897. The number of carbonyl (C=O) groups is 1. The van der Waals surface area contributed by atoms with E-state index in [0.29, 0.717) is 23.0 Å². The standard InChI is InChI=1S/C29H48O2/c1-7-29(31,19(2)3)17-12-20(4)24-10-11-25-23-9-8-21-18-22(30)13-15-27(21,5)26(23)14-16-28(24,25)6/h18-20,23-26,31H,7-17H2,1-6H3. The molecule has 4 aliphatic rings. The van der Waals surface area contributed by atoms with Crippen molar-refractivity contribution in [3.8, 4) is 0 Å². The average molecular weight is 429 g/mol. The van der Waals surface area contributed by atoms with E-state index in [1.54, 1.807) is 0 Å². The minimum atomic E-state index is -0.496. The van der Waals surface area contributed by atoms with Gasteiger partial charge < -0.3 is 5.11 Å². The van der Waals surface area contributed by atoms with Gasteiger partial charge in [-0.25, -0.2) is 0 Å². The maximum absolute atomic E-state index is 12.1. The lowest BCUT2D eigenvalue weighted by atomic mass is 9.46. The summed E-state index contributed by atoms with van der Waals surface area (Å²) in [5.41, 5.74) is 1.76. The Kier molecular flexibility index (Phi) is 6.30. The fourth-order valence-corrected chi connectivity index (χ4v) is 9.09. The molecule has 0 aromatic carbocycles. The highest BCUT2D eigenvalue weighted by atomic mass is 16.3. The Morgan fingerprint density at radius 3 is 2.48 bits per heavy atom. The van der Waals surface area contributed by atoms with Crippen molar-refractivity contribution in [2.24, 2.45) is 46.3 Å². The van der Waals surface area contributed by atoms with Gasteiger partial charge in [-0.05, 0) is 117 Å². The van der Waals surface area contributed by atoms with E-state index in [0.717, 1.165) is 62.2 Å². The van der Waals surface area contributed by atoms with Gasteiger partial charge in [-0.1, -0.05) is 47.1 Å². The molecular formula is C29H48O2. The second-order valence-corrected chi connectivity index (χ2v) is 12.8. The average Bonchev–Trinajstić information content (AvgIpc) is 3.09. The monoisotopic (exact) mass is 428 g/mol. The zero-order valence-corrected chi connectivity index (χ0v) is 21.2. The first-order chi connectivity index (χ1) is 14.5. The summed E-state index contributed by atoms with van der Waals surface area (Å²) >= 11 is 0. The van der Waals surface area contributed by atoms with E-state index in [1.807, 2.05) is 6.08 Å². The van der Waals surface area contributed by atoms with Crippen LogP contribution in [0.1, 0.15) is 112 Å². The fourth-order valence-electron chi connectivity index (χ4n) is 9.09. The van der Waals surface area contributed by atoms with Crippen LogP contribution < -0.4 is 0 Å². The van der Waals surface area contributed by atoms with Gasteiger partial charge in [-0.3, -0.25) is 4.79 Å². The third-order valence-electron chi connectivity index (χ3n) is 11.4.